The SMILES string of the molecule is CC(F)c1cccc(-c2ccc3cccc(C(=O)Nc4ccc(CN5CCOCC5)cc4)c3n2)c1. The molecule has 5 nitrogen and oxygen atoms in total. The molecule has 0 aliphatic carbocycles. The molecule has 0 saturated carbocycles. The topological polar surface area (TPSA) is 54.5 Å². The Morgan fingerprint density at radius 2 is 1.80 bits per heavy atom. The third-order valence-corrected chi connectivity index (χ3v) is 6.33. The molecule has 1 atom stereocenters. The van der Waals surface area contributed by atoms with E-state index in [-0.39, 0.29) is 5.91 Å². The van der Waals surface area contributed by atoms with Crippen LogP contribution in [-0.4, -0.2) is 42.1 Å². The van der Waals surface area contributed by atoms with Gasteiger partial charge in [-0.1, -0.05) is 48.5 Å². The van der Waals surface area contributed by atoms with Crippen LogP contribution in [0.2, 0.25) is 0 Å². The molecule has 4 aromatic rings. The largest absolute Gasteiger partial charge is 0.379 e. The third-order valence-electron chi connectivity index (χ3n) is 6.33. The number of carbonyl (C=O) groups is 1. The number of rotatable bonds is 6. The summed E-state index contributed by atoms with van der Waals surface area (Å²) in [6.07, 6.45) is -1.06. The summed E-state index contributed by atoms with van der Waals surface area (Å²) >= 11 is 0. The Morgan fingerprint density at radius 1 is 1.03 bits per heavy atom. The van der Waals surface area contributed by atoms with Crippen molar-refractivity contribution >= 4 is 22.5 Å². The second-order valence-corrected chi connectivity index (χ2v) is 8.85. The van der Waals surface area contributed by atoms with Gasteiger partial charge in [0.1, 0.15) is 6.17 Å². The second-order valence-electron chi connectivity index (χ2n) is 8.85. The molecular formula is C29H28FN3O2. The molecule has 0 bridgehead atoms. The van der Waals surface area contributed by atoms with Crippen molar-refractivity contribution in [2.75, 3.05) is 31.6 Å². The van der Waals surface area contributed by atoms with Crippen LogP contribution in [-0.2, 0) is 11.3 Å². The van der Waals surface area contributed by atoms with Crippen LogP contribution in [0, 0.1) is 0 Å². The van der Waals surface area contributed by atoms with E-state index in [0.29, 0.717) is 22.3 Å². The first-order chi connectivity index (χ1) is 17.1. The summed E-state index contributed by atoms with van der Waals surface area (Å²) in [5.74, 6) is -0.215. The summed E-state index contributed by atoms with van der Waals surface area (Å²) in [6.45, 7) is 5.81. The fraction of sp³-hybridized carbons (Fsp3) is 0.241. The van der Waals surface area contributed by atoms with E-state index in [1.54, 1.807) is 18.2 Å². The Hall–Kier alpha value is -3.61. The van der Waals surface area contributed by atoms with Gasteiger partial charge in [0.15, 0.2) is 0 Å². The molecule has 0 spiro atoms. The van der Waals surface area contributed by atoms with Crippen LogP contribution in [0.3, 0.4) is 0 Å². The molecule has 1 aliphatic heterocycles. The van der Waals surface area contributed by atoms with Crippen LogP contribution in [0.5, 0.6) is 0 Å². The minimum atomic E-state index is -1.06. The maximum absolute atomic E-state index is 13.8. The van der Waals surface area contributed by atoms with Crippen molar-refractivity contribution in [3.63, 3.8) is 0 Å². The van der Waals surface area contributed by atoms with E-state index in [2.05, 4.69) is 10.2 Å². The van der Waals surface area contributed by atoms with Gasteiger partial charge in [-0.25, -0.2) is 9.37 Å². The van der Waals surface area contributed by atoms with E-state index in [9.17, 15) is 9.18 Å². The summed E-state index contributed by atoms with van der Waals surface area (Å²) in [6, 6.07) is 24.7. The van der Waals surface area contributed by atoms with Gasteiger partial charge in [-0.3, -0.25) is 9.69 Å². The fourth-order valence-electron chi connectivity index (χ4n) is 4.35. The van der Waals surface area contributed by atoms with Crippen molar-refractivity contribution in [1.82, 2.24) is 9.88 Å². The van der Waals surface area contributed by atoms with Crippen molar-refractivity contribution in [2.45, 2.75) is 19.6 Å². The van der Waals surface area contributed by atoms with Gasteiger partial charge in [-0.05, 0) is 48.4 Å². The van der Waals surface area contributed by atoms with E-state index in [4.69, 9.17) is 9.72 Å². The number of aromatic nitrogens is 1. The van der Waals surface area contributed by atoms with Crippen LogP contribution in [0.15, 0.2) is 78.9 Å². The lowest BCUT2D eigenvalue weighted by atomic mass is 10.0. The van der Waals surface area contributed by atoms with Gasteiger partial charge in [-0.2, -0.15) is 0 Å². The number of hydrogen-bond acceptors (Lipinski definition) is 4. The van der Waals surface area contributed by atoms with Gasteiger partial charge in [0, 0.05) is 36.3 Å². The number of pyridine rings is 1. The first kappa shape index (κ1) is 23.1. The molecule has 0 radical (unpaired) electrons. The molecule has 1 aromatic heterocycles. The number of nitrogens with zero attached hydrogens (tertiary/aromatic N) is 2. The molecule has 6 heteroatoms. The standard InChI is InChI=1S/C29H28FN3O2/c1-20(30)23-5-2-6-24(18-23)27-13-10-22-4-3-7-26(28(22)32-27)29(34)31-25-11-8-21(9-12-25)19-33-14-16-35-17-15-33/h2-13,18,20H,14-17,19H2,1H3,(H,31,34). The average molecular weight is 470 g/mol. The molecule has 1 fully saturated rings. The van der Waals surface area contributed by atoms with Gasteiger partial charge in [-0.15, -0.1) is 0 Å². The van der Waals surface area contributed by atoms with Gasteiger partial charge in [0.2, 0.25) is 0 Å². The number of alkyl halides is 1. The molecule has 5 rings (SSSR count). The van der Waals surface area contributed by atoms with Crippen molar-refractivity contribution < 1.29 is 13.9 Å². The fourth-order valence-corrected chi connectivity index (χ4v) is 4.35. The van der Waals surface area contributed by atoms with Crippen molar-refractivity contribution in [2.24, 2.45) is 0 Å². The number of benzene rings is 3. The second kappa shape index (κ2) is 10.3. The highest BCUT2D eigenvalue weighted by molar-refractivity contribution is 6.12. The van der Waals surface area contributed by atoms with Crippen LogP contribution >= 0.6 is 0 Å². The number of nitrogens with one attached hydrogen (secondary N) is 1. The highest BCUT2D eigenvalue weighted by Crippen LogP contribution is 2.27. The van der Waals surface area contributed by atoms with Crippen LogP contribution in [0.4, 0.5) is 10.1 Å². The highest BCUT2D eigenvalue weighted by atomic mass is 19.1. The van der Waals surface area contributed by atoms with Gasteiger partial charge >= 0.3 is 0 Å². The highest BCUT2D eigenvalue weighted by Gasteiger charge is 2.14. The lowest BCUT2D eigenvalue weighted by Crippen LogP contribution is -2.35. The average Bonchev–Trinajstić information content (AvgIpc) is 2.90. The number of halogens is 1. The molecule has 178 valence electrons. The maximum atomic E-state index is 13.8. The molecule has 1 unspecified atom stereocenters. The molecule has 1 aliphatic rings. The predicted octanol–water partition coefficient (Wildman–Crippen LogP) is 6.02. The van der Waals surface area contributed by atoms with Crippen LogP contribution in [0.25, 0.3) is 22.2 Å². The zero-order valence-electron chi connectivity index (χ0n) is 19.7. The van der Waals surface area contributed by atoms with Gasteiger partial charge < -0.3 is 10.1 Å². The summed E-state index contributed by atoms with van der Waals surface area (Å²) < 4.78 is 19.2. The van der Waals surface area contributed by atoms with E-state index in [0.717, 1.165) is 49.5 Å². The Balaban J connectivity index is 1.36. The van der Waals surface area contributed by atoms with E-state index < -0.39 is 6.17 Å². The Labute approximate surface area is 204 Å². The molecule has 3 aromatic carbocycles. The summed E-state index contributed by atoms with van der Waals surface area (Å²) in [5.41, 5.74) is 5.17. The van der Waals surface area contributed by atoms with Gasteiger partial charge in [0.05, 0.1) is 30.0 Å². The van der Waals surface area contributed by atoms with Crippen LogP contribution < -0.4 is 5.32 Å². The van der Waals surface area contributed by atoms with Crippen molar-refractivity contribution in [3.8, 4) is 11.3 Å². The summed E-state index contributed by atoms with van der Waals surface area (Å²) in [5, 5.41) is 3.87. The third kappa shape index (κ3) is 5.39. The molecule has 2 heterocycles. The normalized spacial score (nSPS) is 15.1. The van der Waals surface area contributed by atoms with E-state index in [1.165, 1.54) is 12.5 Å². The monoisotopic (exact) mass is 469 g/mol. The minimum Gasteiger partial charge on any atom is -0.379 e. The van der Waals surface area contributed by atoms with Gasteiger partial charge in [0.25, 0.3) is 5.91 Å². The zero-order chi connectivity index (χ0) is 24.2. The number of ether oxygens (including phenoxy) is 1. The lowest BCUT2D eigenvalue weighted by Gasteiger charge is -2.26. The number of para-hydroxylation sites is 1. The zero-order valence-corrected chi connectivity index (χ0v) is 19.7. The number of hydrogen-bond donors (Lipinski definition) is 1. The minimum absolute atomic E-state index is 0.215. The van der Waals surface area contributed by atoms with Crippen molar-refractivity contribution in [1.29, 1.82) is 0 Å². The first-order valence-electron chi connectivity index (χ1n) is 11.9. The molecular weight excluding hydrogens is 441 g/mol. The summed E-state index contributed by atoms with van der Waals surface area (Å²) in [4.78, 5) is 20.3. The Kier molecular flexibility index (Phi) is 6.84. The lowest BCUT2D eigenvalue weighted by molar-refractivity contribution is 0.0342. The number of amides is 1. The molecule has 1 saturated heterocycles. The Morgan fingerprint density at radius 3 is 2.57 bits per heavy atom. The molecule has 1 amide bonds. The molecule has 35 heavy (non-hydrogen) atoms. The number of anilines is 1. The molecule has 1 N–H and O–H groups in total. The number of carbonyl (C=O) groups excluding carboxylic acids is 1. The van der Waals surface area contributed by atoms with Crippen LogP contribution in [0.1, 0.15) is 34.6 Å². The Bertz CT molecular complexity index is 1330. The summed E-state index contributed by atoms with van der Waals surface area (Å²) in [7, 11) is 0. The number of morpholine rings is 1. The van der Waals surface area contributed by atoms with Crippen molar-refractivity contribution in [3.05, 3.63) is 95.6 Å². The van der Waals surface area contributed by atoms with E-state index >= 15 is 0 Å². The van der Waals surface area contributed by atoms with E-state index in [1.807, 2.05) is 60.7 Å². The number of fused-ring (bicyclic) bond motifs is 1. The first-order valence-corrected chi connectivity index (χ1v) is 11.9. The quantitative estimate of drug-likeness (QED) is 0.375. The smallest absolute Gasteiger partial charge is 0.257 e. The predicted molar refractivity (Wildman–Crippen MR) is 137 cm³/mol. The maximum Gasteiger partial charge on any atom is 0.257 e.